The van der Waals surface area contributed by atoms with Crippen molar-refractivity contribution >= 4 is 23.7 Å². The first-order chi connectivity index (χ1) is 15.3. The Kier molecular flexibility index (Phi) is 4.81. The molecule has 2 aromatic rings. The quantitative estimate of drug-likeness (QED) is 0.697. The van der Waals surface area contributed by atoms with E-state index in [1.54, 1.807) is 24.3 Å². The van der Waals surface area contributed by atoms with Crippen molar-refractivity contribution < 1.29 is 19.5 Å². The zero-order valence-electron chi connectivity index (χ0n) is 18.1. The van der Waals surface area contributed by atoms with Crippen LogP contribution in [0.25, 0.3) is 6.08 Å². The van der Waals surface area contributed by atoms with Crippen LogP contribution in [0.3, 0.4) is 0 Å². The first kappa shape index (κ1) is 20.7. The van der Waals surface area contributed by atoms with Gasteiger partial charge in [-0.15, -0.1) is 0 Å². The number of fused-ring (bicyclic) bond motifs is 5. The summed E-state index contributed by atoms with van der Waals surface area (Å²) in [6, 6.07) is 12.7. The number of carboxylic acid groups (broad SMARTS) is 1. The summed E-state index contributed by atoms with van der Waals surface area (Å²) in [7, 11) is 0. The number of nitrogens with two attached hydrogens (primary N) is 1. The lowest BCUT2D eigenvalue weighted by Gasteiger charge is -2.48. The molecule has 5 nitrogen and oxygen atoms in total. The molecule has 4 atom stereocenters. The van der Waals surface area contributed by atoms with Crippen molar-refractivity contribution in [2.75, 3.05) is 0 Å². The number of Topliss-reactive ketones (excluding diaryl/α,β-unsaturated/α-hetero) is 1. The van der Waals surface area contributed by atoms with Crippen molar-refractivity contribution in [2.24, 2.45) is 23.0 Å². The van der Waals surface area contributed by atoms with E-state index in [4.69, 9.17) is 5.73 Å². The van der Waals surface area contributed by atoms with E-state index in [0.29, 0.717) is 23.0 Å². The number of carboxylic acids is 1. The van der Waals surface area contributed by atoms with Gasteiger partial charge in [-0.3, -0.25) is 9.59 Å². The van der Waals surface area contributed by atoms with Crippen LogP contribution in [-0.4, -0.2) is 22.8 Å². The molecule has 3 aliphatic carbocycles. The minimum atomic E-state index is -0.886. The number of primary amides is 1. The monoisotopic (exact) mass is 429 g/mol. The molecular weight excluding hydrogens is 402 g/mol. The standard InChI is InChI=1S/C27H27NO4/c1-27-10-9-21-20-7-6-18(26(31)32)13-16(20)5-8-22(21)23(27)14-19(24(27)29)12-15-3-2-4-17(11-15)25(28)30/h2-4,6-7,11-13,21-23H,5,8-10,14H2,1H3,(H2,28,30)(H,31,32)/b19-12+/t21?,22-,23+,27+/m1/s1. The second kappa shape index (κ2) is 7.44. The van der Waals surface area contributed by atoms with Gasteiger partial charge in [0, 0.05) is 11.0 Å². The summed E-state index contributed by atoms with van der Waals surface area (Å²) in [6.07, 6.45) is 6.32. The average Bonchev–Trinajstić information content (AvgIpc) is 3.03. The molecule has 164 valence electrons. The van der Waals surface area contributed by atoms with Crippen LogP contribution in [0.5, 0.6) is 0 Å². The molecule has 3 aliphatic rings. The number of carbonyl (C=O) groups is 3. The molecule has 2 aromatic carbocycles. The number of carbonyl (C=O) groups excluding carboxylic acids is 2. The summed E-state index contributed by atoms with van der Waals surface area (Å²) in [5.41, 5.74) is 9.94. The summed E-state index contributed by atoms with van der Waals surface area (Å²) in [5, 5.41) is 9.33. The van der Waals surface area contributed by atoms with E-state index in [1.165, 1.54) is 5.56 Å². The summed E-state index contributed by atoms with van der Waals surface area (Å²) < 4.78 is 0. The molecule has 0 bridgehead atoms. The van der Waals surface area contributed by atoms with Crippen molar-refractivity contribution in [3.8, 4) is 0 Å². The summed E-state index contributed by atoms with van der Waals surface area (Å²) in [5.74, 6) is -0.0427. The van der Waals surface area contributed by atoms with Crippen molar-refractivity contribution in [2.45, 2.75) is 44.9 Å². The molecule has 3 N–H and O–H groups in total. The molecule has 1 unspecified atom stereocenters. The van der Waals surface area contributed by atoms with E-state index >= 15 is 0 Å². The molecule has 0 aromatic heterocycles. The second-order valence-corrected chi connectivity index (χ2v) is 9.78. The van der Waals surface area contributed by atoms with Gasteiger partial charge in [0.1, 0.15) is 0 Å². The first-order valence-electron chi connectivity index (χ1n) is 11.3. The Labute approximate surface area is 187 Å². The van der Waals surface area contributed by atoms with Gasteiger partial charge >= 0.3 is 5.97 Å². The van der Waals surface area contributed by atoms with Gasteiger partial charge in [-0.25, -0.2) is 4.79 Å². The van der Waals surface area contributed by atoms with Crippen LogP contribution in [0.2, 0.25) is 0 Å². The van der Waals surface area contributed by atoms with Crippen LogP contribution in [-0.2, 0) is 11.2 Å². The Bertz CT molecular complexity index is 1180. The molecule has 0 saturated heterocycles. The lowest BCUT2D eigenvalue weighted by molar-refractivity contribution is -0.127. The number of amides is 1. The third-order valence-electron chi connectivity index (χ3n) is 8.13. The number of ketones is 1. The van der Waals surface area contributed by atoms with Crippen molar-refractivity contribution in [1.82, 2.24) is 0 Å². The molecule has 0 spiro atoms. The van der Waals surface area contributed by atoms with Gasteiger partial charge in [-0.05, 0) is 102 Å². The lowest BCUT2D eigenvalue weighted by Crippen LogP contribution is -2.42. The number of aryl methyl sites for hydroxylation is 1. The predicted molar refractivity (Wildman–Crippen MR) is 121 cm³/mol. The van der Waals surface area contributed by atoms with E-state index in [1.807, 2.05) is 24.3 Å². The SMILES string of the molecule is C[C@]12CCC3c4ccc(C(=O)O)cc4CC[C@H]3[C@@H]1C/C(=C\c1cccc(C(N)=O)c1)C2=O. The molecule has 2 saturated carbocycles. The van der Waals surface area contributed by atoms with Gasteiger partial charge in [-0.2, -0.15) is 0 Å². The zero-order chi connectivity index (χ0) is 22.6. The van der Waals surface area contributed by atoms with Crippen LogP contribution in [0.15, 0.2) is 48.0 Å². The van der Waals surface area contributed by atoms with Gasteiger partial charge in [0.15, 0.2) is 5.78 Å². The summed E-state index contributed by atoms with van der Waals surface area (Å²) in [4.78, 5) is 36.4. The maximum absolute atomic E-state index is 13.5. The topological polar surface area (TPSA) is 97.5 Å². The van der Waals surface area contributed by atoms with Crippen LogP contribution < -0.4 is 5.73 Å². The highest BCUT2D eigenvalue weighted by molar-refractivity contribution is 6.06. The van der Waals surface area contributed by atoms with Gasteiger partial charge in [-0.1, -0.05) is 25.1 Å². The number of rotatable bonds is 3. The summed E-state index contributed by atoms with van der Waals surface area (Å²) >= 11 is 0. The van der Waals surface area contributed by atoms with Crippen LogP contribution in [0, 0.1) is 17.3 Å². The van der Waals surface area contributed by atoms with Crippen molar-refractivity contribution in [1.29, 1.82) is 0 Å². The van der Waals surface area contributed by atoms with Crippen LogP contribution in [0.1, 0.15) is 75.9 Å². The van der Waals surface area contributed by atoms with Gasteiger partial charge in [0.05, 0.1) is 5.56 Å². The molecule has 0 radical (unpaired) electrons. The Morgan fingerprint density at radius 3 is 2.69 bits per heavy atom. The fraction of sp³-hybridized carbons (Fsp3) is 0.370. The maximum Gasteiger partial charge on any atom is 0.335 e. The van der Waals surface area contributed by atoms with Crippen molar-refractivity contribution in [3.63, 3.8) is 0 Å². The molecule has 5 heteroatoms. The molecule has 32 heavy (non-hydrogen) atoms. The fourth-order valence-electron chi connectivity index (χ4n) is 6.50. The van der Waals surface area contributed by atoms with E-state index in [2.05, 4.69) is 6.92 Å². The smallest absolute Gasteiger partial charge is 0.335 e. The summed E-state index contributed by atoms with van der Waals surface area (Å²) in [6.45, 7) is 2.12. The third-order valence-corrected chi connectivity index (χ3v) is 8.13. The van der Waals surface area contributed by atoms with Crippen molar-refractivity contribution in [3.05, 3.63) is 75.9 Å². The third kappa shape index (κ3) is 3.19. The van der Waals surface area contributed by atoms with E-state index < -0.39 is 11.9 Å². The highest BCUT2D eigenvalue weighted by atomic mass is 16.4. The average molecular weight is 430 g/mol. The molecule has 0 aliphatic heterocycles. The predicted octanol–water partition coefficient (Wildman–Crippen LogP) is 4.60. The highest BCUT2D eigenvalue weighted by Crippen LogP contribution is 2.60. The molecule has 2 fully saturated rings. The normalized spacial score (nSPS) is 29.8. The molecular formula is C27H27NO4. The largest absolute Gasteiger partial charge is 0.478 e. The van der Waals surface area contributed by atoms with Gasteiger partial charge in [0.2, 0.25) is 5.91 Å². The maximum atomic E-state index is 13.5. The van der Waals surface area contributed by atoms with E-state index in [9.17, 15) is 19.5 Å². The Morgan fingerprint density at radius 2 is 1.94 bits per heavy atom. The first-order valence-corrected chi connectivity index (χ1v) is 11.3. The molecule has 1 amide bonds. The van der Waals surface area contributed by atoms with E-state index in [0.717, 1.165) is 48.8 Å². The number of hydrogen-bond acceptors (Lipinski definition) is 3. The minimum absolute atomic E-state index is 0.234. The number of hydrogen-bond donors (Lipinski definition) is 2. The lowest BCUT2D eigenvalue weighted by atomic mass is 9.55. The van der Waals surface area contributed by atoms with Crippen LogP contribution >= 0.6 is 0 Å². The Morgan fingerprint density at radius 1 is 1.12 bits per heavy atom. The van der Waals surface area contributed by atoms with E-state index in [-0.39, 0.29) is 17.1 Å². The molecule has 5 rings (SSSR count). The Balaban J connectivity index is 1.46. The number of benzene rings is 2. The zero-order valence-corrected chi connectivity index (χ0v) is 18.1. The van der Waals surface area contributed by atoms with Gasteiger partial charge in [0.25, 0.3) is 0 Å². The van der Waals surface area contributed by atoms with Gasteiger partial charge < -0.3 is 10.8 Å². The highest BCUT2D eigenvalue weighted by Gasteiger charge is 2.56. The van der Waals surface area contributed by atoms with Crippen LogP contribution in [0.4, 0.5) is 0 Å². The minimum Gasteiger partial charge on any atom is -0.478 e. The number of allylic oxidation sites excluding steroid dienone is 1. The second-order valence-electron chi connectivity index (χ2n) is 9.78. The fourth-order valence-corrected chi connectivity index (χ4v) is 6.50. The molecule has 0 heterocycles. The Hall–Kier alpha value is -3.21. The number of aromatic carboxylic acids is 1.